The van der Waals surface area contributed by atoms with Gasteiger partial charge >= 0.3 is 0 Å². The van der Waals surface area contributed by atoms with E-state index in [4.69, 9.17) is 14.2 Å². The van der Waals surface area contributed by atoms with Crippen LogP contribution in [0.1, 0.15) is 28.9 Å². The summed E-state index contributed by atoms with van der Waals surface area (Å²) in [5.74, 6) is 1.53. The summed E-state index contributed by atoms with van der Waals surface area (Å²) in [5.41, 5.74) is 1.47. The monoisotopic (exact) mass is 468 g/mol. The zero-order valence-corrected chi connectivity index (χ0v) is 19.0. The Morgan fingerprint density at radius 3 is 2.42 bits per heavy atom. The van der Waals surface area contributed by atoms with Crippen molar-refractivity contribution in [1.82, 2.24) is 5.32 Å². The Balaban J connectivity index is 1.47. The minimum absolute atomic E-state index is 0.0158. The first-order valence-electron chi connectivity index (χ1n) is 10.3. The van der Waals surface area contributed by atoms with Crippen LogP contribution in [0.4, 0.5) is 5.69 Å². The van der Waals surface area contributed by atoms with E-state index in [-0.39, 0.29) is 22.4 Å². The molecule has 9 heteroatoms. The molecule has 1 aliphatic rings. The number of methoxy groups -OCH3 is 1. The highest BCUT2D eigenvalue weighted by Crippen LogP contribution is 2.32. The third-order valence-corrected chi connectivity index (χ3v) is 6.54. The second kappa shape index (κ2) is 9.41. The zero-order valence-electron chi connectivity index (χ0n) is 18.2. The van der Waals surface area contributed by atoms with E-state index in [9.17, 15) is 13.2 Å². The molecule has 0 saturated carbocycles. The van der Waals surface area contributed by atoms with Crippen LogP contribution in [0.3, 0.4) is 0 Å². The zero-order chi connectivity index (χ0) is 23.4. The minimum Gasteiger partial charge on any atom is -0.497 e. The number of ether oxygens (including phenoxy) is 3. The fraction of sp³-hybridized carbons (Fsp3) is 0.208. The fourth-order valence-electron chi connectivity index (χ4n) is 3.37. The molecule has 0 saturated heterocycles. The standard InChI is InChI=1S/C24H24N2O6S/c1-16(17-6-11-22-23(15-17)32-13-12-31-22)25-24(27)18-4-3-5-21(14-18)33(28,29)26-19-7-9-20(30-2)10-8-19/h3-11,14-16,26H,12-13H2,1-2H3,(H,25,27). The van der Waals surface area contributed by atoms with E-state index in [1.54, 1.807) is 30.3 Å². The molecule has 1 atom stereocenters. The first-order chi connectivity index (χ1) is 15.9. The van der Waals surface area contributed by atoms with Crippen LogP contribution in [0.15, 0.2) is 71.6 Å². The summed E-state index contributed by atoms with van der Waals surface area (Å²) in [4.78, 5) is 12.8. The van der Waals surface area contributed by atoms with Crippen molar-refractivity contribution in [2.75, 3.05) is 25.0 Å². The number of sulfonamides is 1. The van der Waals surface area contributed by atoms with Gasteiger partial charge in [0, 0.05) is 11.3 Å². The van der Waals surface area contributed by atoms with Gasteiger partial charge in [0.05, 0.1) is 18.0 Å². The molecular formula is C24H24N2O6S. The van der Waals surface area contributed by atoms with E-state index in [0.29, 0.717) is 36.1 Å². The molecule has 4 rings (SSSR count). The molecule has 0 aliphatic carbocycles. The van der Waals surface area contributed by atoms with Crippen molar-refractivity contribution in [2.45, 2.75) is 17.9 Å². The van der Waals surface area contributed by atoms with Crippen LogP contribution in [-0.4, -0.2) is 34.6 Å². The lowest BCUT2D eigenvalue weighted by Crippen LogP contribution is -2.27. The van der Waals surface area contributed by atoms with Crippen molar-refractivity contribution in [3.8, 4) is 17.2 Å². The molecule has 172 valence electrons. The average molecular weight is 469 g/mol. The number of anilines is 1. The normalized spacial score (nSPS) is 13.6. The number of benzene rings is 3. The quantitative estimate of drug-likeness (QED) is 0.547. The molecule has 1 amide bonds. The Morgan fingerprint density at radius 2 is 1.70 bits per heavy atom. The second-order valence-electron chi connectivity index (χ2n) is 7.46. The summed E-state index contributed by atoms with van der Waals surface area (Å²) in [6.07, 6.45) is 0. The Morgan fingerprint density at radius 1 is 0.970 bits per heavy atom. The van der Waals surface area contributed by atoms with Crippen molar-refractivity contribution in [3.63, 3.8) is 0 Å². The first-order valence-corrected chi connectivity index (χ1v) is 11.8. The van der Waals surface area contributed by atoms with Crippen molar-refractivity contribution in [2.24, 2.45) is 0 Å². The summed E-state index contributed by atoms with van der Waals surface area (Å²) in [6, 6.07) is 17.6. The molecule has 33 heavy (non-hydrogen) atoms. The van der Waals surface area contributed by atoms with E-state index in [1.807, 2.05) is 25.1 Å². The van der Waals surface area contributed by atoms with Crippen LogP contribution >= 0.6 is 0 Å². The second-order valence-corrected chi connectivity index (χ2v) is 9.14. The highest BCUT2D eigenvalue weighted by Gasteiger charge is 2.19. The van der Waals surface area contributed by atoms with Crippen LogP contribution in [0.5, 0.6) is 17.2 Å². The number of carbonyl (C=O) groups excluding carboxylic acids is 1. The lowest BCUT2D eigenvalue weighted by molar-refractivity contribution is 0.0939. The number of hydrogen-bond acceptors (Lipinski definition) is 6. The van der Waals surface area contributed by atoms with Gasteiger partial charge in [0.25, 0.3) is 15.9 Å². The van der Waals surface area contributed by atoms with Gasteiger partial charge in [-0.3, -0.25) is 9.52 Å². The van der Waals surface area contributed by atoms with Crippen LogP contribution in [-0.2, 0) is 10.0 Å². The van der Waals surface area contributed by atoms with E-state index >= 15 is 0 Å². The highest BCUT2D eigenvalue weighted by atomic mass is 32.2. The summed E-state index contributed by atoms with van der Waals surface area (Å²) < 4.78 is 44.3. The van der Waals surface area contributed by atoms with Crippen LogP contribution in [0.2, 0.25) is 0 Å². The molecule has 1 unspecified atom stereocenters. The summed E-state index contributed by atoms with van der Waals surface area (Å²) in [5, 5.41) is 2.90. The van der Waals surface area contributed by atoms with Gasteiger partial charge in [-0.05, 0) is 67.1 Å². The molecule has 1 aliphatic heterocycles. The smallest absolute Gasteiger partial charge is 0.261 e. The SMILES string of the molecule is COc1ccc(NS(=O)(=O)c2cccc(C(=O)NC(C)c3ccc4c(c3)OCCO4)c2)cc1. The molecule has 2 N–H and O–H groups in total. The molecule has 3 aromatic carbocycles. The van der Waals surface area contributed by atoms with E-state index < -0.39 is 10.0 Å². The maximum atomic E-state index is 12.8. The predicted molar refractivity (Wildman–Crippen MR) is 124 cm³/mol. The molecule has 1 heterocycles. The Bertz CT molecular complexity index is 1260. The van der Waals surface area contributed by atoms with Gasteiger partial charge in [0.15, 0.2) is 11.5 Å². The van der Waals surface area contributed by atoms with Gasteiger partial charge in [-0.15, -0.1) is 0 Å². The van der Waals surface area contributed by atoms with Gasteiger partial charge in [-0.1, -0.05) is 12.1 Å². The van der Waals surface area contributed by atoms with Gasteiger partial charge in [-0.25, -0.2) is 8.42 Å². The lowest BCUT2D eigenvalue weighted by atomic mass is 10.1. The summed E-state index contributed by atoms with van der Waals surface area (Å²) >= 11 is 0. The van der Waals surface area contributed by atoms with Crippen molar-refractivity contribution in [1.29, 1.82) is 0 Å². The number of rotatable bonds is 7. The number of hydrogen-bond donors (Lipinski definition) is 2. The first kappa shape index (κ1) is 22.5. The van der Waals surface area contributed by atoms with Crippen LogP contribution in [0.25, 0.3) is 0 Å². The molecule has 0 spiro atoms. The van der Waals surface area contributed by atoms with Crippen molar-refractivity contribution in [3.05, 3.63) is 77.9 Å². The summed E-state index contributed by atoms with van der Waals surface area (Å²) in [6.45, 7) is 2.82. The molecule has 0 bridgehead atoms. The molecular weight excluding hydrogens is 444 g/mol. The number of nitrogens with one attached hydrogen (secondary N) is 2. The van der Waals surface area contributed by atoms with E-state index in [0.717, 1.165) is 5.56 Å². The minimum atomic E-state index is -3.88. The number of fused-ring (bicyclic) bond motifs is 1. The fourth-order valence-corrected chi connectivity index (χ4v) is 4.47. The van der Waals surface area contributed by atoms with Crippen molar-refractivity contribution >= 4 is 21.6 Å². The van der Waals surface area contributed by atoms with Gasteiger partial charge in [0.2, 0.25) is 0 Å². The highest BCUT2D eigenvalue weighted by molar-refractivity contribution is 7.92. The third-order valence-electron chi connectivity index (χ3n) is 5.16. The summed E-state index contributed by atoms with van der Waals surface area (Å²) in [7, 11) is -2.35. The molecule has 8 nitrogen and oxygen atoms in total. The number of carbonyl (C=O) groups is 1. The van der Waals surface area contributed by atoms with Gasteiger partial charge in [0.1, 0.15) is 19.0 Å². The molecule has 0 radical (unpaired) electrons. The molecule has 0 aromatic heterocycles. The molecule has 3 aromatic rings. The van der Waals surface area contributed by atoms with Gasteiger partial charge < -0.3 is 19.5 Å². The van der Waals surface area contributed by atoms with Crippen molar-refractivity contribution < 1.29 is 27.4 Å². The topological polar surface area (TPSA) is 103 Å². The molecule has 0 fully saturated rings. The maximum Gasteiger partial charge on any atom is 0.261 e. The van der Waals surface area contributed by atoms with Crippen LogP contribution < -0.4 is 24.2 Å². The predicted octanol–water partition coefficient (Wildman–Crippen LogP) is 3.76. The number of amides is 1. The third kappa shape index (κ3) is 5.20. The van der Waals surface area contributed by atoms with E-state index in [1.165, 1.54) is 25.3 Å². The largest absolute Gasteiger partial charge is 0.497 e. The van der Waals surface area contributed by atoms with Gasteiger partial charge in [-0.2, -0.15) is 0 Å². The maximum absolute atomic E-state index is 12.8. The van der Waals surface area contributed by atoms with E-state index in [2.05, 4.69) is 10.0 Å². The lowest BCUT2D eigenvalue weighted by Gasteiger charge is -2.21. The Labute approximate surface area is 192 Å². The Hall–Kier alpha value is -3.72. The Kier molecular flexibility index (Phi) is 6.41. The average Bonchev–Trinajstić information content (AvgIpc) is 2.84. The van der Waals surface area contributed by atoms with Crippen LogP contribution in [0, 0.1) is 0 Å².